The van der Waals surface area contributed by atoms with E-state index in [1.807, 2.05) is 0 Å². The van der Waals surface area contributed by atoms with Crippen molar-refractivity contribution in [3.63, 3.8) is 0 Å². The smallest absolute Gasteiger partial charge is 0.126 e. The molecule has 26 heavy (non-hydrogen) atoms. The summed E-state index contributed by atoms with van der Waals surface area (Å²) >= 11 is 0. The van der Waals surface area contributed by atoms with Gasteiger partial charge in [-0.1, -0.05) is 19.1 Å². The van der Waals surface area contributed by atoms with Crippen LogP contribution >= 0.6 is 0 Å². The first-order valence-electron chi connectivity index (χ1n) is 10.8. The number of fused-ring (bicyclic) bond motifs is 3. The molecule has 0 spiro atoms. The van der Waals surface area contributed by atoms with E-state index in [4.69, 9.17) is 0 Å². The van der Waals surface area contributed by atoms with Crippen LogP contribution in [-0.2, 0) is 0 Å². The van der Waals surface area contributed by atoms with Gasteiger partial charge in [-0.2, -0.15) is 0 Å². The molecule has 0 nitrogen and oxygen atoms in total. The zero-order valence-corrected chi connectivity index (χ0v) is 16.0. The van der Waals surface area contributed by atoms with E-state index in [0.29, 0.717) is 5.92 Å². The Kier molecular flexibility index (Phi) is 5.47. The summed E-state index contributed by atoms with van der Waals surface area (Å²) in [5, 5.41) is 0. The average molecular weight is 359 g/mol. The lowest BCUT2D eigenvalue weighted by Gasteiger charge is -2.50. The molecule has 0 aliphatic heterocycles. The zero-order chi connectivity index (χ0) is 18.1. The van der Waals surface area contributed by atoms with Gasteiger partial charge in [0.15, 0.2) is 0 Å². The van der Waals surface area contributed by atoms with E-state index in [0.717, 1.165) is 60.5 Å². The Morgan fingerprint density at radius 2 is 1.50 bits per heavy atom. The number of allylic oxidation sites excluding steroid dienone is 2. The molecule has 6 atom stereocenters. The van der Waals surface area contributed by atoms with Crippen molar-refractivity contribution >= 4 is 0 Å². The maximum Gasteiger partial charge on any atom is 0.126 e. The fourth-order valence-electron chi connectivity index (χ4n) is 6.45. The average Bonchev–Trinajstić information content (AvgIpc) is 2.64. The van der Waals surface area contributed by atoms with Crippen LogP contribution in [0.4, 0.5) is 8.78 Å². The molecule has 0 heterocycles. The Hall–Kier alpha value is -1.18. The molecular formula is C24H32F2. The Labute approximate surface area is 157 Å². The predicted octanol–water partition coefficient (Wildman–Crippen LogP) is 7.26. The number of rotatable bonds is 3. The Balaban J connectivity index is 1.41. The molecule has 0 saturated heterocycles. The molecule has 0 aromatic heterocycles. The first kappa shape index (κ1) is 18.2. The first-order valence-corrected chi connectivity index (χ1v) is 10.8. The number of hydrogen-bond donors (Lipinski definition) is 0. The van der Waals surface area contributed by atoms with E-state index in [1.165, 1.54) is 38.5 Å². The lowest BCUT2D eigenvalue weighted by atomic mass is 9.55. The molecule has 4 rings (SSSR count). The van der Waals surface area contributed by atoms with Crippen molar-refractivity contribution in [1.29, 1.82) is 0 Å². The summed E-state index contributed by atoms with van der Waals surface area (Å²) in [7, 11) is 0. The van der Waals surface area contributed by atoms with Gasteiger partial charge in [-0.3, -0.25) is 0 Å². The third-order valence-corrected chi connectivity index (χ3v) is 7.58. The van der Waals surface area contributed by atoms with Gasteiger partial charge in [0.2, 0.25) is 0 Å². The van der Waals surface area contributed by atoms with Gasteiger partial charge in [0, 0.05) is 6.07 Å². The third kappa shape index (κ3) is 3.75. The molecule has 0 amide bonds. The SMILES string of the molecule is CCC=CC1CCC2C(CCC3CC(c4cc(F)cc(F)c4)CCC32)C1. The fourth-order valence-corrected chi connectivity index (χ4v) is 6.45. The van der Waals surface area contributed by atoms with Crippen molar-refractivity contribution in [1.82, 2.24) is 0 Å². The van der Waals surface area contributed by atoms with Crippen molar-refractivity contribution in [2.24, 2.45) is 29.6 Å². The molecule has 2 heteroatoms. The second-order valence-corrected chi connectivity index (χ2v) is 9.05. The molecule has 3 saturated carbocycles. The highest BCUT2D eigenvalue weighted by atomic mass is 19.1. The summed E-state index contributed by atoms with van der Waals surface area (Å²) in [6.45, 7) is 2.22. The molecule has 6 unspecified atom stereocenters. The number of benzene rings is 1. The van der Waals surface area contributed by atoms with Crippen LogP contribution in [0.1, 0.15) is 76.2 Å². The third-order valence-electron chi connectivity index (χ3n) is 7.58. The standard InChI is InChI=1S/C24H32F2/c1-2-3-4-16-5-9-23-18(11-16)6-7-19-12-17(8-10-24(19)23)20-13-21(25)15-22(26)14-20/h3-4,13-19,23-24H,2,5-12H2,1H3. The molecule has 3 aliphatic carbocycles. The minimum Gasteiger partial charge on any atom is -0.207 e. The van der Waals surface area contributed by atoms with Gasteiger partial charge < -0.3 is 0 Å². The van der Waals surface area contributed by atoms with Crippen LogP contribution in [0.15, 0.2) is 30.4 Å². The van der Waals surface area contributed by atoms with Gasteiger partial charge in [-0.15, -0.1) is 0 Å². The second-order valence-electron chi connectivity index (χ2n) is 9.05. The van der Waals surface area contributed by atoms with Gasteiger partial charge in [0.05, 0.1) is 0 Å². The highest BCUT2D eigenvalue weighted by Crippen LogP contribution is 2.54. The Bertz CT molecular complexity index is 629. The van der Waals surface area contributed by atoms with Gasteiger partial charge in [-0.05, 0) is 111 Å². The quantitative estimate of drug-likeness (QED) is 0.499. The summed E-state index contributed by atoms with van der Waals surface area (Å²) in [6.07, 6.45) is 16.3. The summed E-state index contributed by atoms with van der Waals surface area (Å²) < 4.78 is 27.2. The predicted molar refractivity (Wildman–Crippen MR) is 103 cm³/mol. The number of halogens is 2. The van der Waals surface area contributed by atoms with E-state index in [2.05, 4.69) is 19.1 Å². The lowest BCUT2D eigenvalue weighted by Crippen LogP contribution is -2.41. The van der Waals surface area contributed by atoms with E-state index >= 15 is 0 Å². The Morgan fingerprint density at radius 1 is 0.846 bits per heavy atom. The molecule has 0 N–H and O–H groups in total. The molecular weight excluding hydrogens is 326 g/mol. The van der Waals surface area contributed by atoms with Crippen LogP contribution in [-0.4, -0.2) is 0 Å². The molecule has 3 aliphatic rings. The Morgan fingerprint density at radius 3 is 2.19 bits per heavy atom. The molecule has 1 aromatic carbocycles. The summed E-state index contributed by atoms with van der Waals surface area (Å²) in [4.78, 5) is 0. The maximum absolute atomic E-state index is 13.6. The monoisotopic (exact) mass is 358 g/mol. The van der Waals surface area contributed by atoms with Crippen LogP contribution in [0.25, 0.3) is 0 Å². The normalized spacial score (nSPS) is 37.3. The van der Waals surface area contributed by atoms with Crippen molar-refractivity contribution in [3.8, 4) is 0 Å². The zero-order valence-electron chi connectivity index (χ0n) is 16.0. The van der Waals surface area contributed by atoms with Crippen molar-refractivity contribution in [2.75, 3.05) is 0 Å². The van der Waals surface area contributed by atoms with E-state index in [9.17, 15) is 8.78 Å². The van der Waals surface area contributed by atoms with Gasteiger partial charge in [0.25, 0.3) is 0 Å². The topological polar surface area (TPSA) is 0 Å². The molecule has 0 bridgehead atoms. The molecule has 3 fully saturated rings. The maximum atomic E-state index is 13.6. The van der Waals surface area contributed by atoms with E-state index in [1.54, 1.807) is 12.1 Å². The van der Waals surface area contributed by atoms with Crippen LogP contribution in [0.3, 0.4) is 0 Å². The molecule has 0 radical (unpaired) electrons. The van der Waals surface area contributed by atoms with Crippen molar-refractivity contribution < 1.29 is 8.78 Å². The van der Waals surface area contributed by atoms with Crippen LogP contribution in [0, 0.1) is 41.2 Å². The molecule has 1 aromatic rings. The molecule has 142 valence electrons. The summed E-state index contributed by atoms with van der Waals surface area (Å²) in [5.41, 5.74) is 0.886. The van der Waals surface area contributed by atoms with Crippen LogP contribution < -0.4 is 0 Å². The van der Waals surface area contributed by atoms with Crippen LogP contribution in [0.2, 0.25) is 0 Å². The van der Waals surface area contributed by atoms with Crippen molar-refractivity contribution in [3.05, 3.63) is 47.5 Å². The van der Waals surface area contributed by atoms with E-state index in [-0.39, 0.29) is 0 Å². The highest BCUT2D eigenvalue weighted by molar-refractivity contribution is 5.23. The van der Waals surface area contributed by atoms with Gasteiger partial charge in [0.1, 0.15) is 11.6 Å². The van der Waals surface area contributed by atoms with Crippen LogP contribution in [0.5, 0.6) is 0 Å². The fraction of sp³-hybridized carbons (Fsp3) is 0.667. The largest absolute Gasteiger partial charge is 0.207 e. The summed E-state index contributed by atoms with van der Waals surface area (Å²) in [5.74, 6) is 3.75. The minimum atomic E-state index is -0.427. The van der Waals surface area contributed by atoms with Gasteiger partial charge >= 0.3 is 0 Å². The van der Waals surface area contributed by atoms with Gasteiger partial charge in [-0.25, -0.2) is 8.78 Å². The summed E-state index contributed by atoms with van der Waals surface area (Å²) in [6, 6.07) is 4.11. The highest BCUT2D eigenvalue weighted by Gasteiger charge is 2.44. The van der Waals surface area contributed by atoms with Crippen molar-refractivity contribution in [2.45, 2.75) is 70.6 Å². The minimum absolute atomic E-state index is 0.349. The van der Waals surface area contributed by atoms with E-state index < -0.39 is 11.6 Å². The first-order chi connectivity index (χ1) is 12.6. The number of hydrogen-bond acceptors (Lipinski definition) is 0. The second kappa shape index (κ2) is 7.82. The lowest BCUT2D eigenvalue weighted by molar-refractivity contribution is 0.0127.